The molecule has 1 aromatic carbocycles. The molecular formula is C19H23ClN6O3. The molecule has 0 radical (unpaired) electrons. The van der Waals surface area contributed by atoms with E-state index in [1.54, 1.807) is 6.07 Å². The van der Waals surface area contributed by atoms with Crippen molar-refractivity contribution in [2.75, 3.05) is 73.6 Å². The number of benzene rings is 1. The Hall–Kier alpha value is -2.49. The average molecular weight is 419 g/mol. The summed E-state index contributed by atoms with van der Waals surface area (Å²) in [4.78, 5) is 30.0. The van der Waals surface area contributed by atoms with Crippen LogP contribution >= 0.6 is 11.6 Å². The van der Waals surface area contributed by atoms with Crippen LogP contribution < -0.4 is 15.1 Å². The Morgan fingerprint density at radius 2 is 1.55 bits per heavy atom. The lowest BCUT2D eigenvalue weighted by atomic mass is 10.2. The molecule has 0 unspecified atom stereocenters. The van der Waals surface area contributed by atoms with E-state index in [4.69, 9.17) is 36.0 Å². The summed E-state index contributed by atoms with van der Waals surface area (Å²) in [5.74, 6) is 1.47. The van der Waals surface area contributed by atoms with Crippen molar-refractivity contribution < 1.29 is 14.3 Å². The van der Waals surface area contributed by atoms with E-state index in [1.165, 1.54) is 0 Å². The molecule has 10 heteroatoms. The van der Waals surface area contributed by atoms with Gasteiger partial charge in [0.15, 0.2) is 5.82 Å². The quantitative estimate of drug-likeness (QED) is 0.728. The van der Waals surface area contributed by atoms with Crippen molar-refractivity contribution in [1.29, 1.82) is 0 Å². The molecule has 0 atom stereocenters. The first-order chi connectivity index (χ1) is 14.2. The summed E-state index contributed by atoms with van der Waals surface area (Å²) < 4.78 is 10.9. The van der Waals surface area contributed by atoms with Gasteiger partial charge in [-0.05, 0) is 12.1 Å². The maximum atomic E-state index is 11.6. The molecule has 0 bridgehead atoms. The van der Waals surface area contributed by atoms with Gasteiger partial charge in [-0.2, -0.15) is 15.0 Å². The van der Waals surface area contributed by atoms with Crippen LogP contribution in [0.2, 0.25) is 0 Å². The second-order valence-electron chi connectivity index (χ2n) is 6.72. The minimum Gasteiger partial charge on any atom is -0.378 e. The van der Waals surface area contributed by atoms with Crippen molar-refractivity contribution in [1.82, 2.24) is 15.0 Å². The Bertz CT molecular complexity index is 819. The van der Waals surface area contributed by atoms with Crippen LogP contribution in [-0.4, -0.2) is 79.3 Å². The van der Waals surface area contributed by atoms with E-state index < -0.39 is 0 Å². The maximum Gasteiger partial charge on any atom is 0.239 e. The fourth-order valence-corrected chi connectivity index (χ4v) is 3.29. The molecule has 3 heterocycles. The molecule has 0 spiro atoms. The molecule has 0 aliphatic carbocycles. The highest BCUT2D eigenvalue weighted by Crippen LogP contribution is 2.24. The largest absolute Gasteiger partial charge is 0.378 e. The van der Waals surface area contributed by atoms with Gasteiger partial charge in [-0.3, -0.25) is 4.79 Å². The number of nitrogens with zero attached hydrogens (tertiary/aromatic N) is 5. The summed E-state index contributed by atoms with van der Waals surface area (Å²) in [6.07, 6.45) is 0. The highest BCUT2D eigenvalue weighted by molar-refractivity contribution is 6.29. The van der Waals surface area contributed by atoms with E-state index >= 15 is 0 Å². The fraction of sp³-hybridized carbons (Fsp3) is 0.474. The number of morpholine rings is 2. The molecule has 2 aromatic rings. The second-order valence-corrected chi connectivity index (χ2v) is 6.99. The summed E-state index contributed by atoms with van der Waals surface area (Å²) in [5, 5.41) is 2.76. The average Bonchev–Trinajstić information content (AvgIpc) is 2.80. The van der Waals surface area contributed by atoms with E-state index in [1.807, 2.05) is 18.2 Å². The molecule has 2 fully saturated rings. The van der Waals surface area contributed by atoms with E-state index in [0.29, 0.717) is 49.8 Å². The van der Waals surface area contributed by atoms with Crippen molar-refractivity contribution in [3.05, 3.63) is 24.3 Å². The Morgan fingerprint density at radius 1 is 0.966 bits per heavy atom. The lowest BCUT2D eigenvalue weighted by Crippen LogP contribution is -2.40. The zero-order valence-electron chi connectivity index (χ0n) is 16.0. The first-order valence-electron chi connectivity index (χ1n) is 9.60. The Labute approximate surface area is 174 Å². The van der Waals surface area contributed by atoms with Crippen molar-refractivity contribution in [2.45, 2.75) is 0 Å². The number of carbonyl (C=O) groups excluding carboxylic acids is 1. The Morgan fingerprint density at radius 3 is 2.10 bits per heavy atom. The van der Waals surface area contributed by atoms with Gasteiger partial charge in [-0.15, -0.1) is 11.6 Å². The predicted molar refractivity (Wildman–Crippen MR) is 111 cm³/mol. The van der Waals surface area contributed by atoms with Gasteiger partial charge in [0.05, 0.1) is 26.4 Å². The highest BCUT2D eigenvalue weighted by atomic mass is 35.5. The van der Waals surface area contributed by atoms with E-state index in [2.05, 4.69) is 15.1 Å². The Kier molecular flexibility index (Phi) is 6.38. The van der Waals surface area contributed by atoms with Gasteiger partial charge in [0.25, 0.3) is 0 Å². The standard InChI is InChI=1S/C19H23ClN6O3/c20-13-16(27)21-15-3-1-2-14(12-15)17-22-18(25-4-8-28-9-5-25)24-19(23-17)26-6-10-29-11-7-26/h1-3,12H,4-11,13H2,(H,21,27). The number of rotatable bonds is 5. The number of nitrogens with one attached hydrogen (secondary N) is 1. The lowest BCUT2D eigenvalue weighted by Gasteiger charge is -2.30. The third kappa shape index (κ3) is 4.92. The fourth-order valence-electron chi connectivity index (χ4n) is 3.22. The normalized spacial score (nSPS) is 17.3. The van der Waals surface area contributed by atoms with E-state index in [0.717, 1.165) is 31.7 Å². The zero-order chi connectivity index (χ0) is 20.1. The number of halogens is 1. The molecule has 154 valence electrons. The van der Waals surface area contributed by atoms with Crippen molar-refractivity contribution in [2.24, 2.45) is 0 Å². The first-order valence-corrected chi connectivity index (χ1v) is 10.1. The summed E-state index contributed by atoms with van der Waals surface area (Å²) in [6, 6.07) is 7.41. The number of carbonyl (C=O) groups is 1. The van der Waals surface area contributed by atoms with Gasteiger partial charge < -0.3 is 24.6 Å². The van der Waals surface area contributed by atoms with Gasteiger partial charge >= 0.3 is 0 Å². The van der Waals surface area contributed by atoms with Crippen LogP contribution in [0.3, 0.4) is 0 Å². The van der Waals surface area contributed by atoms with Gasteiger partial charge in [0.2, 0.25) is 17.8 Å². The molecule has 1 aromatic heterocycles. The monoisotopic (exact) mass is 418 g/mol. The minimum atomic E-state index is -0.262. The van der Waals surface area contributed by atoms with Crippen molar-refractivity contribution in [3.8, 4) is 11.4 Å². The van der Waals surface area contributed by atoms with Gasteiger partial charge in [-0.25, -0.2) is 0 Å². The van der Waals surface area contributed by atoms with Crippen molar-refractivity contribution >= 4 is 35.1 Å². The molecule has 2 saturated heterocycles. The van der Waals surface area contributed by atoms with Crippen LogP contribution in [0.5, 0.6) is 0 Å². The smallest absolute Gasteiger partial charge is 0.239 e. The number of hydrogen-bond acceptors (Lipinski definition) is 8. The summed E-state index contributed by atoms with van der Waals surface area (Å²) in [5.41, 5.74) is 1.44. The van der Waals surface area contributed by atoms with Gasteiger partial charge in [0, 0.05) is 37.4 Å². The third-order valence-corrected chi connectivity index (χ3v) is 4.97. The molecule has 1 amide bonds. The van der Waals surface area contributed by atoms with Gasteiger partial charge in [-0.1, -0.05) is 12.1 Å². The SMILES string of the molecule is O=C(CCl)Nc1cccc(-c2nc(N3CCOCC3)nc(N3CCOCC3)n2)c1. The van der Waals surface area contributed by atoms with E-state index in [9.17, 15) is 4.79 Å². The second kappa shape index (κ2) is 9.34. The summed E-state index contributed by atoms with van der Waals surface area (Å²) in [7, 11) is 0. The number of amides is 1. The van der Waals surface area contributed by atoms with Crippen LogP contribution in [0.1, 0.15) is 0 Å². The molecular weight excluding hydrogens is 396 g/mol. The first kappa shape index (κ1) is 19.8. The van der Waals surface area contributed by atoms with Crippen LogP contribution in [0.15, 0.2) is 24.3 Å². The van der Waals surface area contributed by atoms with Crippen LogP contribution in [0.4, 0.5) is 17.6 Å². The molecule has 1 N–H and O–H groups in total. The number of anilines is 3. The van der Waals surface area contributed by atoms with Crippen molar-refractivity contribution in [3.63, 3.8) is 0 Å². The highest BCUT2D eigenvalue weighted by Gasteiger charge is 2.21. The van der Waals surface area contributed by atoms with Gasteiger partial charge in [0.1, 0.15) is 5.88 Å². The topological polar surface area (TPSA) is 92.7 Å². The minimum absolute atomic E-state index is 0.0989. The summed E-state index contributed by atoms with van der Waals surface area (Å²) in [6.45, 7) is 5.52. The van der Waals surface area contributed by atoms with Crippen LogP contribution in [0, 0.1) is 0 Å². The predicted octanol–water partition coefficient (Wildman–Crippen LogP) is 1.39. The van der Waals surface area contributed by atoms with E-state index in [-0.39, 0.29) is 11.8 Å². The number of ether oxygens (including phenoxy) is 2. The number of aromatic nitrogens is 3. The molecule has 0 saturated carbocycles. The van der Waals surface area contributed by atoms with Crippen LogP contribution in [-0.2, 0) is 14.3 Å². The molecule has 9 nitrogen and oxygen atoms in total. The molecule has 2 aliphatic rings. The Balaban J connectivity index is 1.69. The van der Waals surface area contributed by atoms with Crippen LogP contribution in [0.25, 0.3) is 11.4 Å². The molecule has 2 aliphatic heterocycles. The lowest BCUT2D eigenvalue weighted by molar-refractivity contribution is -0.113. The number of hydrogen-bond donors (Lipinski definition) is 1. The maximum absolute atomic E-state index is 11.6. The zero-order valence-corrected chi connectivity index (χ0v) is 16.8. The number of alkyl halides is 1. The summed E-state index contributed by atoms with van der Waals surface area (Å²) >= 11 is 5.60. The molecule has 4 rings (SSSR count). The third-order valence-electron chi connectivity index (χ3n) is 4.73. The molecule has 29 heavy (non-hydrogen) atoms.